The molecule has 0 radical (unpaired) electrons. The van der Waals surface area contributed by atoms with E-state index in [2.05, 4.69) is 10.3 Å². The van der Waals surface area contributed by atoms with Crippen molar-refractivity contribution in [2.24, 2.45) is 0 Å². The van der Waals surface area contributed by atoms with E-state index in [1.807, 2.05) is 0 Å². The minimum atomic E-state index is -0.331. The van der Waals surface area contributed by atoms with Crippen LogP contribution >= 0.6 is 11.3 Å². The average Bonchev–Trinajstić information content (AvgIpc) is 3.18. The highest BCUT2D eigenvalue weighted by atomic mass is 32.1. The van der Waals surface area contributed by atoms with E-state index >= 15 is 0 Å². The van der Waals surface area contributed by atoms with Crippen molar-refractivity contribution in [2.45, 2.75) is 6.92 Å². The summed E-state index contributed by atoms with van der Waals surface area (Å²) in [6.45, 7) is 1.38. The number of amides is 1. The maximum Gasteiger partial charge on any atom is 0.221 e. The molecule has 1 heterocycles. The third-order valence-corrected chi connectivity index (χ3v) is 4.99. The van der Waals surface area contributed by atoms with E-state index in [9.17, 15) is 9.59 Å². The molecule has 0 aliphatic carbocycles. The van der Waals surface area contributed by atoms with E-state index in [-0.39, 0.29) is 11.7 Å². The Balaban J connectivity index is 2.14. The minimum Gasteiger partial charge on any atom is -0.493 e. The van der Waals surface area contributed by atoms with Gasteiger partial charge in [0.1, 0.15) is 0 Å². The van der Waals surface area contributed by atoms with Crippen LogP contribution in [0.3, 0.4) is 0 Å². The number of nitrogen functional groups attached to an aromatic ring is 1. The lowest BCUT2D eigenvalue weighted by Crippen LogP contribution is -2.12. The van der Waals surface area contributed by atoms with E-state index < -0.39 is 0 Å². The van der Waals surface area contributed by atoms with Crippen LogP contribution in [0, 0.1) is 0 Å². The summed E-state index contributed by atoms with van der Waals surface area (Å²) < 4.78 is 16.0. The third kappa shape index (κ3) is 4.20. The highest BCUT2D eigenvalue weighted by Gasteiger charge is 2.21. The molecule has 0 bridgehead atoms. The van der Waals surface area contributed by atoms with Gasteiger partial charge in [-0.05, 0) is 24.3 Å². The molecule has 2 aromatic carbocycles. The quantitative estimate of drug-likeness (QED) is 0.554. The SMILES string of the molecule is COc1cc(C(=O)c2cc(-c3csc(N)n3)ccc2NC(C)=O)cc(OC)c1OC. The largest absolute Gasteiger partial charge is 0.493 e. The van der Waals surface area contributed by atoms with Gasteiger partial charge in [0.15, 0.2) is 22.4 Å². The number of nitrogens with zero attached hydrogens (tertiary/aromatic N) is 1. The molecule has 0 saturated carbocycles. The molecule has 0 unspecified atom stereocenters. The van der Waals surface area contributed by atoms with Crippen molar-refractivity contribution in [3.63, 3.8) is 0 Å². The van der Waals surface area contributed by atoms with Gasteiger partial charge in [-0.2, -0.15) is 0 Å². The van der Waals surface area contributed by atoms with Crippen LogP contribution in [0.2, 0.25) is 0 Å². The van der Waals surface area contributed by atoms with Crippen LogP contribution in [0.25, 0.3) is 11.3 Å². The Kier molecular flexibility index (Phi) is 6.22. The monoisotopic (exact) mass is 427 g/mol. The smallest absolute Gasteiger partial charge is 0.221 e. The van der Waals surface area contributed by atoms with Crippen molar-refractivity contribution >= 4 is 33.8 Å². The number of carbonyl (C=O) groups is 2. The van der Waals surface area contributed by atoms with Gasteiger partial charge < -0.3 is 25.3 Å². The Morgan fingerprint density at radius 2 is 1.70 bits per heavy atom. The molecule has 0 atom stereocenters. The number of carbonyl (C=O) groups excluding carboxylic acids is 2. The van der Waals surface area contributed by atoms with E-state index in [0.717, 1.165) is 0 Å². The minimum absolute atomic E-state index is 0.292. The molecule has 3 aromatic rings. The number of nitrogens with one attached hydrogen (secondary N) is 1. The zero-order chi connectivity index (χ0) is 21.8. The second-order valence-electron chi connectivity index (χ2n) is 6.26. The maximum absolute atomic E-state index is 13.4. The predicted molar refractivity (Wildman–Crippen MR) is 116 cm³/mol. The van der Waals surface area contributed by atoms with E-state index in [0.29, 0.717) is 50.5 Å². The van der Waals surface area contributed by atoms with Crippen molar-refractivity contribution < 1.29 is 23.8 Å². The van der Waals surface area contributed by atoms with Crippen molar-refractivity contribution in [3.8, 4) is 28.5 Å². The molecule has 30 heavy (non-hydrogen) atoms. The van der Waals surface area contributed by atoms with Gasteiger partial charge in [0.05, 0.1) is 32.7 Å². The number of benzene rings is 2. The number of anilines is 2. The summed E-state index contributed by atoms with van der Waals surface area (Å²) in [5.74, 6) is 0.461. The van der Waals surface area contributed by atoms with Gasteiger partial charge in [-0.1, -0.05) is 6.07 Å². The number of thiazole rings is 1. The van der Waals surface area contributed by atoms with Gasteiger partial charge >= 0.3 is 0 Å². The lowest BCUT2D eigenvalue weighted by molar-refractivity contribution is -0.114. The number of aromatic nitrogens is 1. The van der Waals surface area contributed by atoms with Gasteiger partial charge in [-0.15, -0.1) is 11.3 Å². The highest BCUT2D eigenvalue weighted by Crippen LogP contribution is 2.39. The zero-order valence-corrected chi connectivity index (χ0v) is 17.8. The summed E-state index contributed by atoms with van der Waals surface area (Å²) >= 11 is 1.30. The van der Waals surface area contributed by atoms with E-state index in [4.69, 9.17) is 19.9 Å². The van der Waals surface area contributed by atoms with Crippen molar-refractivity contribution in [2.75, 3.05) is 32.4 Å². The number of hydrogen-bond donors (Lipinski definition) is 2. The maximum atomic E-state index is 13.4. The first kappa shape index (κ1) is 21.1. The predicted octanol–water partition coefficient (Wildman–Crippen LogP) is 3.61. The number of hydrogen-bond acceptors (Lipinski definition) is 8. The third-order valence-electron chi connectivity index (χ3n) is 4.32. The number of rotatable bonds is 7. The summed E-state index contributed by atoms with van der Waals surface area (Å²) in [5, 5.41) is 4.92. The van der Waals surface area contributed by atoms with Crippen LogP contribution in [0.4, 0.5) is 10.8 Å². The summed E-state index contributed by atoms with van der Waals surface area (Å²) in [6, 6.07) is 8.23. The Bertz CT molecular complexity index is 1080. The molecule has 3 N–H and O–H groups in total. The summed E-state index contributed by atoms with van der Waals surface area (Å²) in [7, 11) is 4.43. The molecule has 0 aliphatic heterocycles. The molecule has 1 amide bonds. The number of ether oxygens (including phenoxy) is 3. The number of methoxy groups -OCH3 is 3. The molecule has 0 aliphatic rings. The van der Waals surface area contributed by atoms with Crippen LogP contribution in [0.5, 0.6) is 17.2 Å². The Morgan fingerprint density at radius 3 is 2.20 bits per heavy atom. The van der Waals surface area contributed by atoms with Crippen LogP contribution in [0.15, 0.2) is 35.7 Å². The molecule has 156 valence electrons. The Labute approximate surface area is 177 Å². The molecule has 0 fully saturated rings. The average molecular weight is 427 g/mol. The zero-order valence-electron chi connectivity index (χ0n) is 16.9. The van der Waals surface area contributed by atoms with Gasteiger partial charge in [-0.3, -0.25) is 9.59 Å². The standard InChI is InChI=1S/C21H21N3O5S/c1-11(25)23-15-6-5-12(16-10-30-21(22)24-16)7-14(15)19(26)13-8-17(27-2)20(29-4)18(9-13)28-3/h5-10H,1-4H3,(H2,22,24)(H,23,25). The fraction of sp³-hybridized carbons (Fsp3) is 0.190. The Morgan fingerprint density at radius 1 is 1.03 bits per heavy atom. The first-order valence-corrected chi connectivity index (χ1v) is 9.73. The first-order valence-electron chi connectivity index (χ1n) is 8.85. The normalized spacial score (nSPS) is 10.4. The van der Waals surface area contributed by atoms with Crippen LogP contribution in [-0.2, 0) is 4.79 Å². The van der Waals surface area contributed by atoms with Crippen molar-refractivity contribution in [1.29, 1.82) is 0 Å². The van der Waals surface area contributed by atoms with Crippen molar-refractivity contribution in [1.82, 2.24) is 4.98 Å². The summed E-state index contributed by atoms with van der Waals surface area (Å²) in [6.07, 6.45) is 0. The highest BCUT2D eigenvalue weighted by molar-refractivity contribution is 7.13. The molecule has 8 nitrogen and oxygen atoms in total. The second-order valence-corrected chi connectivity index (χ2v) is 7.15. The second kappa shape index (κ2) is 8.83. The molecule has 1 aromatic heterocycles. The fourth-order valence-corrected chi connectivity index (χ4v) is 3.55. The molecule has 0 saturated heterocycles. The van der Waals surface area contributed by atoms with Crippen molar-refractivity contribution in [3.05, 3.63) is 46.8 Å². The van der Waals surface area contributed by atoms with Crippen LogP contribution in [-0.4, -0.2) is 38.0 Å². The van der Waals surface area contributed by atoms with Gasteiger partial charge in [-0.25, -0.2) is 4.98 Å². The fourth-order valence-electron chi connectivity index (χ4n) is 2.98. The topological polar surface area (TPSA) is 113 Å². The van der Waals surface area contributed by atoms with Crippen LogP contribution in [0.1, 0.15) is 22.8 Å². The summed E-state index contributed by atoms with van der Waals surface area (Å²) in [4.78, 5) is 29.4. The van der Waals surface area contributed by atoms with Crippen LogP contribution < -0.4 is 25.3 Å². The van der Waals surface area contributed by atoms with E-state index in [1.165, 1.54) is 39.6 Å². The molecular weight excluding hydrogens is 406 g/mol. The molecule has 3 rings (SSSR count). The molecule has 0 spiro atoms. The number of nitrogens with two attached hydrogens (primary N) is 1. The van der Waals surface area contributed by atoms with Gasteiger partial charge in [0, 0.05) is 29.0 Å². The Hall–Kier alpha value is -3.59. The first-order chi connectivity index (χ1) is 14.4. The van der Waals surface area contributed by atoms with Gasteiger partial charge in [0.2, 0.25) is 11.7 Å². The van der Waals surface area contributed by atoms with Gasteiger partial charge in [0.25, 0.3) is 0 Å². The summed E-state index contributed by atoms with van der Waals surface area (Å²) in [5.41, 5.74) is 8.07. The van der Waals surface area contributed by atoms with E-state index in [1.54, 1.807) is 35.7 Å². The lowest BCUT2D eigenvalue weighted by Gasteiger charge is -2.15. The lowest BCUT2D eigenvalue weighted by atomic mass is 9.97. The number of ketones is 1. The molecular formula is C21H21N3O5S. The molecule has 9 heteroatoms.